The first-order valence-corrected chi connectivity index (χ1v) is 11.8. The van der Waals surface area contributed by atoms with Gasteiger partial charge in [0, 0.05) is 24.0 Å². The summed E-state index contributed by atoms with van der Waals surface area (Å²) in [5, 5.41) is 2.58. The van der Waals surface area contributed by atoms with E-state index < -0.39 is 5.25 Å². The summed E-state index contributed by atoms with van der Waals surface area (Å²) >= 11 is 1.41. The minimum atomic E-state index is -0.424. The van der Waals surface area contributed by atoms with Gasteiger partial charge in [0.1, 0.15) is 11.0 Å². The Morgan fingerprint density at radius 1 is 1.23 bits per heavy atom. The van der Waals surface area contributed by atoms with Crippen LogP contribution in [0.5, 0.6) is 5.75 Å². The molecule has 0 radical (unpaired) electrons. The summed E-state index contributed by atoms with van der Waals surface area (Å²) in [7, 11) is 1.63. The van der Waals surface area contributed by atoms with E-state index in [1.54, 1.807) is 25.7 Å². The number of benzene rings is 1. The van der Waals surface area contributed by atoms with Crippen molar-refractivity contribution in [1.82, 2.24) is 20.2 Å². The van der Waals surface area contributed by atoms with Crippen LogP contribution in [0.25, 0.3) is 0 Å². The van der Waals surface area contributed by atoms with Crippen molar-refractivity contribution in [3.05, 3.63) is 54.1 Å². The molecule has 1 aliphatic carbocycles. The average molecular weight is 441 g/mol. The maximum atomic E-state index is 13.3. The molecule has 2 aromatic rings. The summed E-state index contributed by atoms with van der Waals surface area (Å²) in [6, 6.07) is 7.51. The third-order valence-corrected chi connectivity index (χ3v) is 7.25. The Kier molecular flexibility index (Phi) is 7.06. The van der Waals surface area contributed by atoms with E-state index in [0.29, 0.717) is 23.7 Å². The van der Waals surface area contributed by atoms with Gasteiger partial charge in [-0.25, -0.2) is 0 Å². The highest BCUT2D eigenvalue weighted by Crippen LogP contribution is 2.43. The number of rotatable bonds is 6. The van der Waals surface area contributed by atoms with E-state index in [1.807, 2.05) is 29.2 Å². The molecule has 4 rings (SSSR count). The molecule has 2 unspecified atom stereocenters. The number of nitrogens with one attached hydrogen (secondary N) is 1. The Hall–Kier alpha value is -2.61. The molecule has 1 N–H and O–H groups in total. The largest absolute Gasteiger partial charge is 0.496 e. The Morgan fingerprint density at radius 3 is 2.77 bits per heavy atom. The number of ether oxygens (including phenoxy) is 1. The average Bonchev–Trinajstić information content (AvgIpc) is 2.83. The lowest BCUT2D eigenvalue weighted by Crippen LogP contribution is -2.54. The molecule has 1 aliphatic heterocycles. The second-order valence-corrected chi connectivity index (χ2v) is 9.06. The van der Waals surface area contributed by atoms with Crippen LogP contribution in [0, 0.1) is 0 Å². The van der Waals surface area contributed by atoms with Crippen LogP contribution in [0.1, 0.15) is 49.4 Å². The molecule has 2 atom stereocenters. The van der Waals surface area contributed by atoms with Crippen LogP contribution in [0.4, 0.5) is 0 Å². The van der Waals surface area contributed by atoms with Gasteiger partial charge >= 0.3 is 0 Å². The number of aromatic nitrogens is 2. The third-order valence-electron chi connectivity index (χ3n) is 6.01. The van der Waals surface area contributed by atoms with Crippen molar-refractivity contribution in [2.24, 2.45) is 0 Å². The summed E-state index contributed by atoms with van der Waals surface area (Å²) in [4.78, 5) is 36.7. The van der Waals surface area contributed by atoms with Crippen molar-refractivity contribution < 1.29 is 14.3 Å². The predicted octanol–water partition coefficient (Wildman–Crippen LogP) is 3.12. The van der Waals surface area contributed by atoms with Crippen LogP contribution in [-0.2, 0) is 16.1 Å². The third kappa shape index (κ3) is 4.84. The second kappa shape index (κ2) is 10.1. The van der Waals surface area contributed by atoms with Crippen LogP contribution < -0.4 is 10.1 Å². The van der Waals surface area contributed by atoms with Crippen molar-refractivity contribution >= 4 is 23.6 Å². The van der Waals surface area contributed by atoms with E-state index in [4.69, 9.17) is 4.74 Å². The first-order chi connectivity index (χ1) is 15.2. The van der Waals surface area contributed by atoms with E-state index in [-0.39, 0.29) is 23.9 Å². The lowest BCUT2D eigenvalue weighted by Gasteiger charge is -2.46. The molecular weight excluding hydrogens is 412 g/mol. The fraction of sp³-hybridized carbons (Fsp3) is 0.478. The molecule has 0 bridgehead atoms. The zero-order valence-electron chi connectivity index (χ0n) is 17.7. The molecule has 1 saturated heterocycles. The Morgan fingerprint density at radius 2 is 2.03 bits per heavy atom. The Bertz CT molecular complexity index is 905. The highest BCUT2D eigenvalue weighted by molar-refractivity contribution is 8.01. The zero-order valence-corrected chi connectivity index (χ0v) is 18.5. The molecule has 31 heavy (non-hydrogen) atoms. The minimum absolute atomic E-state index is 0.0973. The van der Waals surface area contributed by atoms with Crippen LogP contribution in [-0.4, -0.2) is 50.8 Å². The number of para-hydroxylation sites is 1. The number of carbonyl (C=O) groups is 2. The summed E-state index contributed by atoms with van der Waals surface area (Å²) < 4.78 is 5.63. The maximum absolute atomic E-state index is 13.3. The lowest BCUT2D eigenvalue weighted by atomic mass is 9.90. The molecule has 2 fully saturated rings. The van der Waals surface area contributed by atoms with Crippen LogP contribution in [0.3, 0.4) is 0 Å². The summed E-state index contributed by atoms with van der Waals surface area (Å²) in [5.41, 5.74) is 1.58. The molecule has 2 aliphatic rings. The summed E-state index contributed by atoms with van der Waals surface area (Å²) in [6.07, 6.45) is 10.3. The van der Waals surface area contributed by atoms with Gasteiger partial charge in [0.05, 0.1) is 37.3 Å². The number of carbonyl (C=O) groups excluding carboxylic acids is 2. The van der Waals surface area contributed by atoms with Gasteiger partial charge in [0.15, 0.2) is 0 Å². The van der Waals surface area contributed by atoms with Gasteiger partial charge in [-0.2, -0.15) is 0 Å². The van der Waals surface area contributed by atoms with Crippen molar-refractivity contribution in [3.63, 3.8) is 0 Å². The number of hydrogen-bond acceptors (Lipinski definition) is 6. The molecule has 0 spiro atoms. The monoisotopic (exact) mass is 440 g/mol. The first kappa shape index (κ1) is 21.6. The molecule has 1 saturated carbocycles. The van der Waals surface area contributed by atoms with Crippen LogP contribution in [0.2, 0.25) is 0 Å². The van der Waals surface area contributed by atoms with Crippen molar-refractivity contribution in [2.45, 2.75) is 56.0 Å². The first-order valence-electron chi connectivity index (χ1n) is 10.8. The van der Waals surface area contributed by atoms with Gasteiger partial charge in [0.25, 0.3) is 0 Å². The number of amides is 2. The smallest absolute Gasteiger partial charge is 0.235 e. The van der Waals surface area contributed by atoms with Gasteiger partial charge in [-0.3, -0.25) is 19.6 Å². The van der Waals surface area contributed by atoms with Gasteiger partial charge in [-0.1, -0.05) is 37.5 Å². The van der Waals surface area contributed by atoms with Gasteiger partial charge in [-0.15, -0.1) is 11.8 Å². The van der Waals surface area contributed by atoms with Crippen molar-refractivity contribution in [3.8, 4) is 5.75 Å². The standard InChI is InChI=1S/C23H28N4O3S/c1-30-19-10-6-5-9-18(19)21-22(23(29)26-14-16-13-24-11-12-25-16)31-15-20(28)27(21)17-7-3-2-4-8-17/h5-6,9-13,17,21-22H,2-4,7-8,14-15H2,1H3,(H,26,29). The van der Waals surface area contributed by atoms with Crippen LogP contribution >= 0.6 is 11.8 Å². The molecule has 1 aromatic heterocycles. The number of nitrogens with zero attached hydrogens (tertiary/aromatic N) is 3. The van der Waals surface area contributed by atoms with E-state index in [0.717, 1.165) is 31.2 Å². The quantitative estimate of drug-likeness (QED) is 0.743. The van der Waals surface area contributed by atoms with E-state index in [2.05, 4.69) is 15.3 Å². The predicted molar refractivity (Wildman–Crippen MR) is 120 cm³/mol. The Labute approximate surface area is 187 Å². The second-order valence-electron chi connectivity index (χ2n) is 7.93. The summed E-state index contributed by atoms with van der Waals surface area (Å²) in [5.74, 6) is 1.02. The van der Waals surface area contributed by atoms with Crippen molar-refractivity contribution in [2.75, 3.05) is 12.9 Å². The highest BCUT2D eigenvalue weighted by Gasteiger charge is 2.45. The summed E-state index contributed by atoms with van der Waals surface area (Å²) in [6.45, 7) is 0.305. The molecular formula is C23H28N4O3S. The van der Waals surface area contributed by atoms with E-state index >= 15 is 0 Å². The van der Waals surface area contributed by atoms with E-state index in [1.165, 1.54) is 18.2 Å². The number of methoxy groups -OCH3 is 1. The Balaban J connectivity index is 1.65. The minimum Gasteiger partial charge on any atom is -0.496 e. The highest BCUT2D eigenvalue weighted by atomic mass is 32.2. The van der Waals surface area contributed by atoms with Gasteiger partial charge in [-0.05, 0) is 18.9 Å². The number of hydrogen-bond donors (Lipinski definition) is 1. The maximum Gasteiger partial charge on any atom is 0.235 e. The number of thioether (sulfide) groups is 1. The molecule has 7 nitrogen and oxygen atoms in total. The lowest BCUT2D eigenvalue weighted by molar-refractivity contribution is -0.136. The normalized spacial score (nSPS) is 22.2. The molecule has 1 aromatic carbocycles. The van der Waals surface area contributed by atoms with Crippen molar-refractivity contribution in [1.29, 1.82) is 0 Å². The van der Waals surface area contributed by atoms with E-state index in [9.17, 15) is 9.59 Å². The fourth-order valence-electron chi connectivity index (χ4n) is 4.56. The molecule has 8 heteroatoms. The van der Waals surface area contributed by atoms with Gasteiger partial charge < -0.3 is 15.0 Å². The van der Waals surface area contributed by atoms with Gasteiger partial charge in [0.2, 0.25) is 11.8 Å². The molecule has 164 valence electrons. The molecule has 2 amide bonds. The zero-order chi connectivity index (χ0) is 21.6. The topological polar surface area (TPSA) is 84.4 Å². The SMILES string of the molecule is COc1ccccc1C1C(C(=O)NCc2cnccn2)SCC(=O)N1C1CCCCC1. The fourth-order valence-corrected chi connectivity index (χ4v) is 5.73. The van der Waals surface area contributed by atoms with Crippen LogP contribution in [0.15, 0.2) is 42.9 Å². The molecule has 2 heterocycles.